The first kappa shape index (κ1) is 37.0. The molecule has 0 saturated carbocycles. The van der Waals surface area contributed by atoms with Gasteiger partial charge in [0.1, 0.15) is 0 Å². The molecule has 2 nitrogen and oxygen atoms in total. The maximum atomic E-state index is 16.9. The third-order valence-electron chi connectivity index (χ3n) is 11.0. The summed E-state index contributed by atoms with van der Waals surface area (Å²) in [7, 11) is -1.36. The Labute approximate surface area is 331 Å². The number of benzene rings is 6. The van der Waals surface area contributed by atoms with Crippen molar-refractivity contribution < 1.29 is 4.32 Å². The van der Waals surface area contributed by atoms with Crippen LogP contribution in [0.2, 0.25) is 6.82 Å². The van der Waals surface area contributed by atoms with E-state index in [-0.39, 0.29) is 10.8 Å². The van der Waals surface area contributed by atoms with E-state index >= 15 is 4.32 Å². The molecule has 0 spiro atoms. The molecule has 4 heteroatoms. The van der Waals surface area contributed by atoms with E-state index in [2.05, 4.69) is 193 Å². The molecule has 1 aliphatic heterocycles. The van der Waals surface area contributed by atoms with Gasteiger partial charge in [-0.05, 0) is 73.9 Å². The van der Waals surface area contributed by atoms with Gasteiger partial charge < -0.3 is 8.79 Å². The van der Waals surface area contributed by atoms with Crippen molar-refractivity contribution >= 4 is 34.8 Å². The summed E-state index contributed by atoms with van der Waals surface area (Å²) in [5.74, 6) is 0. The van der Waals surface area contributed by atoms with Crippen molar-refractivity contribution in [1.82, 2.24) is 4.48 Å². The number of allylic oxidation sites excluding steroid dienone is 2. The SMILES string of the molecule is CB(F)n1c(-c2ccc(C(C)(C)C)cc2)cc(-c2ccccc2)c1/C(=C1\N=C(c2ccc(C(C)(C)C)cc2)C=C1c1ccccc1)c1cccc2ccccc12. The Kier molecular flexibility index (Phi) is 9.62. The third kappa shape index (κ3) is 7.01. The first-order chi connectivity index (χ1) is 26.9. The zero-order valence-electron chi connectivity index (χ0n) is 33.4. The predicted octanol–water partition coefficient (Wildman–Crippen LogP) is 13.9. The van der Waals surface area contributed by atoms with Gasteiger partial charge in [-0.1, -0.05) is 193 Å². The van der Waals surface area contributed by atoms with Gasteiger partial charge in [0.05, 0.1) is 11.4 Å². The molecule has 0 aliphatic carbocycles. The van der Waals surface area contributed by atoms with Crippen molar-refractivity contribution in [1.29, 1.82) is 0 Å². The number of halogens is 1. The van der Waals surface area contributed by atoms with E-state index in [0.717, 1.165) is 78.1 Å². The summed E-state index contributed by atoms with van der Waals surface area (Å²) in [4.78, 5) is 5.59. The van der Waals surface area contributed by atoms with Gasteiger partial charge in [-0.2, -0.15) is 0 Å². The second-order valence-electron chi connectivity index (χ2n) is 16.9. The molecule has 56 heavy (non-hydrogen) atoms. The van der Waals surface area contributed by atoms with Crippen LogP contribution in [0.5, 0.6) is 0 Å². The topological polar surface area (TPSA) is 17.3 Å². The summed E-state index contributed by atoms with van der Waals surface area (Å²) in [5, 5.41) is 2.19. The summed E-state index contributed by atoms with van der Waals surface area (Å²) in [6, 6.07) is 55.3. The Morgan fingerprint density at radius 1 is 0.571 bits per heavy atom. The van der Waals surface area contributed by atoms with E-state index in [1.807, 2.05) is 16.6 Å². The smallest absolute Gasteiger partial charge is 0.355 e. The monoisotopic (exact) mass is 730 g/mol. The van der Waals surface area contributed by atoms with E-state index in [1.165, 1.54) is 11.1 Å². The Morgan fingerprint density at radius 2 is 1.11 bits per heavy atom. The van der Waals surface area contributed by atoms with E-state index < -0.39 is 7.12 Å². The fraction of sp³-hybridized carbons (Fsp3) is 0.173. The van der Waals surface area contributed by atoms with Gasteiger partial charge in [-0.25, -0.2) is 4.99 Å². The molecule has 0 radical (unpaired) electrons. The second-order valence-corrected chi connectivity index (χ2v) is 16.9. The van der Waals surface area contributed by atoms with Crippen molar-refractivity contribution in [2.75, 3.05) is 0 Å². The minimum atomic E-state index is -1.36. The van der Waals surface area contributed by atoms with Crippen LogP contribution in [0, 0.1) is 0 Å². The van der Waals surface area contributed by atoms with Crippen LogP contribution in [0.1, 0.15) is 75.1 Å². The molecule has 0 unspecified atom stereocenters. The molecule has 7 aromatic rings. The van der Waals surface area contributed by atoms with Crippen molar-refractivity contribution in [2.24, 2.45) is 4.99 Å². The summed E-state index contributed by atoms with van der Waals surface area (Å²) < 4.78 is 18.8. The molecule has 0 bridgehead atoms. The van der Waals surface area contributed by atoms with Gasteiger partial charge >= 0.3 is 7.12 Å². The zero-order chi connectivity index (χ0) is 39.2. The van der Waals surface area contributed by atoms with E-state index in [0.29, 0.717) is 0 Å². The molecular formula is C52H48BFN2. The number of aromatic nitrogens is 1. The molecular weight excluding hydrogens is 682 g/mol. The van der Waals surface area contributed by atoms with Crippen molar-refractivity contribution in [3.63, 3.8) is 0 Å². The second kappa shape index (κ2) is 14.6. The summed E-state index contributed by atoms with van der Waals surface area (Å²) >= 11 is 0. The number of hydrogen-bond donors (Lipinski definition) is 0. The molecule has 1 aliphatic rings. The first-order valence-electron chi connectivity index (χ1n) is 19.6. The fourth-order valence-corrected chi connectivity index (χ4v) is 7.90. The molecule has 0 amide bonds. The minimum absolute atomic E-state index is 0.00829. The highest BCUT2D eigenvalue weighted by Gasteiger charge is 2.32. The summed E-state index contributed by atoms with van der Waals surface area (Å²) in [6.45, 7) is 15.0. The molecule has 2 heterocycles. The number of rotatable bonds is 7. The molecule has 276 valence electrons. The van der Waals surface area contributed by atoms with Crippen LogP contribution >= 0.6 is 0 Å². The van der Waals surface area contributed by atoms with Crippen LogP contribution in [-0.4, -0.2) is 17.3 Å². The summed E-state index contributed by atoms with van der Waals surface area (Å²) in [6.07, 6.45) is 2.21. The highest BCUT2D eigenvalue weighted by molar-refractivity contribution is 6.49. The van der Waals surface area contributed by atoms with Gasteiger partial charge in [0, 0.05) is 33.7 Å². The normalized spacial score (nSPS) is 14.1. The van der Waals surface area contributed by atoms with Gasteiger partial charge in [0.15, 0.2) is 0 Å². The van der Waals surface area contributed by atoms with Gasteiger partial charge in [-0.3, -0.25) is 0 Å². The lowest BCUT2D eigenvalue weighted by Crippen LogP contribution is -2.19. The summed E-state index contributed by atoms with van der Waals surface area (Å²) in [5.41, 5.74) is 13.7. The van der Waals surface area contributed by atoms with E-state index in [1.54, 1.807) is 6.82 Å². The number of nitrogens with zero attached hydrogens (tertiary/aromatic N) is 2. The standard InChI is InChI=1S/C52H48BFN2/c1-51(2,3)40-29-25-38(26-30-40)46-33-44(36-17-10-8-11-18-36)49(55-46)48(43-24-16-22-35-21-14-15-23-42(35)43)50-45(37-19-12-9-13-20-37)34-47(56(50)53(7)54)39-27-31-41(32-28-39)52(4,5)6/h8-34H,1-7H3/b49-48-. The van der Waals surface area contributed by atoms with Crippen LogP contribution < -0.4 is 0 Å². The molecule has 8 rings (SSSR count). The largest absolute Gasteiger partial charge is 0.462 e. The van der Waals surface area contributed by atoms with Crippen LogP contribution in [0.3, 0.4) is 0 Å². The van der Waals surface area contributed by atoms with Crippen LogP contribution in [0.25, 0.3) is 44.3 Å². The first-order valence-corrected chi connectivity index (χ1v) is 19.6. The maximum absolute atomic E-state index is 16.9. The van der Waals surface area contributed by atoms with Gasteiger partial charge in [-0.15, -0.1) is 0 Å². The van der Waals surface area contributed by atoms with E-state index in [4.69, 9.17) is 4.99 Å². The Balaban J connectivity index is 1.51. The Morgan fingerprint density at radius 3 is 1.70 bits per heavy atom. The third-order valence-corrected chi connectivity index (χ3v) is 11.0. The number of hydrogen-bond acceptors (Lipinski definition) is 1. The average Bonchev–Trinajstić information content (AvgIpc) is 3.82. The lowest BCUT2D eigenvalue weighted by Gasteiger charge is -2.22. The highest BCUT2D eigenvalue weighted by Crippen LogP contribution is 2.47. The average molecular weight is 731 g/mol. The fourth-order valence-electron chi connectivity index (χ4n) is 7.90. The molecule has 0 N–H and O–H groups in total. The van der Waals surface area contributed by atoms with Crippen LogP contribution in [0.4, 0.5) is 4.32 Å². The molecule has 1 aromatic heterocycles. The quantitative estimate of drug-likeness (QED) is 0.145. The highest BCUT2D eigenvalue weighted by atomic mass is 19.1. The van der Waals surface area contributed by atoms with Crippen molar-refractivity contribution in [3.05, 3.63) is 203 Å². The van der Waals surface area contributed by atoms with Gasteiger partial charge in [0.25, 0.3) is 0 Å². The lowest BCUT2D eigenvalue weighted by atomic mass is 9.84. The number of fused-ring (bicyclic) bond motifs is 1. The lowest BCUT2D eigenvalue weighted by molar-refractivity contribution is 0.590. The zero-order valence-corrected chi connectivity index (χ0v) is 33.4. The Bertz CT molecular complexity index is 2620. The van der Waals surface area contributed by atoms with Crippen LogP contribution in [0.15, 0.2) is 174 Å². The van der Waals surface area contributed by atoms with Gasteiger partial charge in [0.2, 0.25) is 0 Å². The molecule has 0 atom stereocenters. The molecule has 0 fully saturated rings. The number of aliphatic imine (C=N–C) groups is 1. The minimum Gasteiger partial charge on any atom is -0.355 e. The van der Waals surface area contributed by atoms with Crippen molar-refractivity contribution in [3.8, 4) is 22.4 Å². The van der Waals surface area contributed by atoms with E-state index in [9.17, 15) is 0 Å². The molecule has 0 saturated heterocycles. The molecule has 6 aromatic carbocycles. The van der Waals surface area contributed by atoms with Crippen molar-refractivity contribution in [2.45, 2.75) is 59.2 Å². The Hall–Kier alpha value is -6.00. The predicted molar refractivity (Wildman–Crippen MR) is 238 cm³/mol. The maximum Gasteiger partial charge on any atom is 0.462 e. The van der Waals surface area contributed by atoms with Crippen LogP contribution in [-0.2, 0) is 10.8 Å².